The van der Waals surface area contributed by atoms with Crippen molar-refractivity contribution in [1.29, 1.82) is 0 Å². The number of nitrogens with zero attached hydrogens (tertiary/aromatic N) is 1. The summed E-state index contributed by atoms with van der Waals surface area (Å²) in [5.41, 5.74) is 1.88. The Kier molecular flexibility index (Phi) is 4.66. The van der Waals surface area contributed by atoms with Crippen LogP contribution in [0.5, 0.6) is 0 Å². The smallest absolute Gasteiger partial charge is 0.336 e. The van der Waals surface area contributed by atoms with Gasteiger partial charge in [0.1, 0.15) is 0 Å². The van der Waals surface area contributed by atoms with Gasteiger partial charge >= 0.3 is 5.97 Å². The average Bonchev–Trinajstić information content (AvgIpc) is 3.23. The van der Waals surface area contributed by atoms with Crippen molar-refractivity contribution in [3.8, 4) is 0 Å². The normalized spacial score (nSPS) is 14.0. The van der Waals surface area contributed by atoms with E-state index in [1.807, 2.05) is 17.9 Å². The highest BCUT2D eigenvalue weighted by Gasteiger charge is 2.30. The van der Waals surface area contributed by atoms with Crippen molar-refractivity contribution in [2.75, 3.05) is 13.1 Å². The van der Waals surface area contributed by atoms with Gasteiger partial charge in [-0.15, -0.1) is 0 Å². The van der Waals surface area contributed by atoms with Gasteiger partial charge in [-0.3, -0.25) is 4.79 Å². The van der Waals surface area contributed by atoms with Gasteiger partial charge in [-0.2, -0.15) is 0 Å². The Morgan fingerprint density at radius 1 is 1.19 bits per heavy atom. The molecule has 0 aliphatic heterocycles. The predicted molar refractivity (Wildman–Crippen MR) is 81.8 cm³/mol. The van der Waals surface area contributed by atoms with Crippen LogP contribution in [0.2, 0.25) is 0 Å². The number of rotatable bonds is 6. The summed E-state index contributed by atoms with van der Waals surface area (Å²) in [5.74, 6) is -0.566. The first-order valence-corrected chi connectivity index (χ1v) is 7.58. The van der Waals surface area contributed by atoms with Crippen molar-refractivity contribution < 1.29 is 14.7 Å². The number of amides is 1. The SMILES string of the molecule is CCCN(CC1CC1)C(=O)c1c(C)ccc(C)c1C(=O)O. The molecule has 2 rings (SSSR count). The molecule has 0 aromatic heterocycles. The van der Waals surface area contributed by atoms with E-state index < -0.39 is 5.97 Å². The minimum atomic E-state index is -1.03. The standard InChI is InChI=1S/C17H23NO3/c1-4-9-18(10-13-7-8-13)16(19)14-11(2)5-6-12(3)15(14)17(20)21/h5-6,13H,4,7-10H2,1-3H3,(H,20,21). The number of aromatic carboxylic acids is 1. The third-order valence-electron chi connectivity index (χ3n) is 4.01. The summed E-state index contributed by atoms with van der Waals surface area (Å²) in [6.07, 6.45) is 3.23. The van der Waals surface area contributed by atoms with E-state index in [-0.39, 0.29) is 11.5 Å². The first-order chi connectivity index (χ1) is 9.95. The van der Waals surface area contributed by atoms with Crippen LogP contribution in [0.15, 0.2) is 12.1 Å². The minimum absolute atomic E-state index is 0.137. The topological polar surface area (TPSA) is 57.6 Å². The Morgan fingerprint density at radius 3 is 2.24 bits per heavy atom. The van der Waals surface area contributed by atoms with Crippen molar-refractivity contribution in [3.05, 3.63) is 34.4 Å². The van der Waals surface area contributed by atoms with E-state index in [2.05, 4.69) is 0 Å². The zero-order valence-electron chi connectivity index (χ0n) is 13.0. The van der Waals surface area contributed by atoms with Crippen LogP contribution in [-0.2, 0) is 0 Å². The van der Waals surface area contributed by atoms with Gasteiger partial charge < -0.3 is 10.0 Å². The highest BCUT2D eigenvalue weighted by atomic mass is 16.4. The molecule has 21 heavy (non-hydrogen) atoms. The number of hydrogen-bond donors (Lipinski definition) is 1. The Bertz CT molecular complexity index is 561. The van der Waals surface area contributed by atoms with Gasteiger partial charge in [0.2, 0.25) is 0 Å². The number of aryl methyl sites for hydroxylation is 2. The van der Waals surface area contributed by atoms with Crippen LogP contribution in [0, 0.1) is 19.8 Å². The second kappa shape index (κ2) is 6.29. The monoisotopic (exact) mass is 289 g/mol. The molecule has 1 aromatic rings. The van der Waals surface area contributed by atoms with Crippen molar-refractivity contribution in [1.82, 2.24) is 4.90 Å². The summed E-state index contributed by atoms with van der Waals surface area (Å²) in [7, 11) is 0. The Morgan fingerprint density at radius 2 is 1.76 bits per heavy atom. The lowest BCUT2D eigenvalue weighted by Crippen LogP contribution is -2.35. The maximum atomic E-state index is 12.9. The summed E-state index contributed by atoms with van der Waals surface area (Å²) in [5, 5.41) is 9.45. The summed E-state index contributed by atoms with van der Waals surface area (Å²) >= 11 is 0. The number of carbonyl (C=O) groups excluding carboxylic acids is 1. The van der Waals surface area contributed by atoms with Crippen molar-refractivity contribution in [3.63, 3.8) is 0 Å². The number of benzene rings is 1. The summed E-state index contributed by atoms with van der Waals surface area (Å²) in [6.45, 7) is 7.01. The quantitative estimate of drug-likeness (QED) is 0.874. The molecule has 0 heterocycles. The van der Waals surface area contributed by atoms with Crippen molar-refractivity contribution in [2.24, 2.45) is 5.92 Å². The number of hydrogen-bond acceptors (Lipinski definition) is 2. The molecule has 0 atom stereocenters. The van der Waals surface area contributed by atoms with E-state index in [0.29, 0.717) is 23.6 Å². The van der Waals surface area contributed by atoms with Gasteiger partial charge in [0.05, 0.1) is 11.1 Å². The third kappa shape index (κ3) is 3.43. The lowest BCUT2D eigenvalue weighted by atomic mass is 9.96. The fraction of sp³-hybridized carbons (Fsp3) is 0.529. The minimum Gasteiger partial charge on any atom is -0.478 e. The van der Waals surface area contributed by atoms with Gasteiger partial charge in [0.25, 0.3) is 5.91 Å². The molecular formula is C17H23NO3. The largest absolute Gasteiger partial charge is 0.478 e. The van der Waals surface area contributed by atoms with Crippen LogP contribution < -0.4 is 0 Å². The van der Waals surface area contributed by atoms with Gasteiger partial charge in [0, 0.05) is 13.1 Å². The molecule has 1 aliphatic rings. The van der Waals surface area contributed by atoms with Gasteiger partial charge in [-0.25, -0.2) is 4.79 Å². The van der Waals surface area contributed by atoms with E-state index in [1.54, 1.807) is 19.9 Å². The Balaban J connectivity index is 2.40. The Hall–Kier alpha value is -1.84. The first kappa shape index (κ1) is 15.5. The molecular weight excluding hydrogens is 266 g/mol. The van der Waals surface area contributed by atoms with Gasteiger partial charge in [-0.05, 0) is 50.2 Å². The van der Waals surface area contributed by atoms with Crippen LogP contribution in [-0.4, -0.2) is 35.0 Å². The van der Waals surface area contributed by atoms with Crippen LogP contribution in [0.4, 0.5) is 0 Å². The van der Waals surface area contributed by atoms with Gasteiger partial charge in [-0.1, -0.05) is 19.1 Å². The number of carbonyl (C=O) groups is 2. The number of carboxylic acid groups (broad SMARTS) is 1. The molecule has 4 nitrogen and oxygen atoms in total. The maximum absolute atomic E-state index is 12.9. The molecule has 0 saturated heterocycles. The van der Waals surface area contributed by atoms with Gasteiger partial charge in [0.15, 0.2) is 0 Å². The second-order valence-electron chi connectivity index (χ2n) is 5.95. The number of carboxylic acids is 1. The second-order valence-corrected chi connectivity index (χ2v) is 5.95. The van der Waals surface area contributed by atoms with Crippen LogP contribution in [0.1, 0.15) is 58.0 Å². The molecule has 1 saturated carbocycles. The van der Waals surface area contributed by atoms with E-state index in [9.17, 15) is 14.7 Å². The van der Waals surface area contributed by atoms with Crippen molar-refractivity contribution in [2.45, 2.75) is 40.0 Å². The molecule has 1 fully saturated rings. The summed E-state index contributed by atoms with van der Waals surface area (Å²) < 4.78 is 0. The maximum Gasteiger partial charge on any atom is 0.336 e. The third-order valence-corrected chi connectivity index (χ3v) is 4.01. The molecule has 114 valence electrons. The molecule has 1 aliphatic carbocycles. The fourth-order valence-corrected chi connectivity index (χ4v) is 2.68. The zero-order chi connectivity index (χ0) is 15.6. The molecule has 1 aromatic carbocycles. The lowest BCUT2D eigenvalue weighted by molar-refractivity contribution is 0.0672. The lowest BCUT2D eigenvalue weighted by Gasteiger charge is -2.24. The average molecular weight is 289 g/mol. The molecule has 0 spiro atoms. The molecule has 0 radical (unpaired) electrons. The first-order valence-electron chi connectivity index (χ1n) is 7.58. The summed E-state index contributed by atoms with van der Waals surface area (Å²) in [6, 6.07) is 3.59. The summed E-state index contributed by atoms with van der Waals surface area (Å²) in [4.78, 5) is 26.2. The highest BCUT2D eigenvalue weighted by Crippen LogP contribution is 2.31. The molecule has 0 bridgehead atoms. The zero-order valence-corrected chi connectivity index (χ0v) is 13.0. The van der Waals surface area contributed by atoms with E-state index in [0.717, 1.165) is 18.5 Å². The molecule has 0 unspecified atom stereocenters. The molecule has 1 N–H and O–H groups in total. The van der Waals surface area contributed by atoms with Crippen molar-refractivity contribution >= 4 is 11.9 Å². The van der Waals surface area contributed by atoms with E-state index in [1.165, 1.54) is 12.8 Å². The molecule has 4 heteroatoms. The predicted octanol–water partition coefficient (Wildman–Crippen LogP) is 3.26. The molecule has 1 amide bonds. The Labute approximate surface area is 125 Å². The fourth-order valence-electron chi connectivity index (χ4n) is 2.68. The highest BCUT2D eigenvalue weighted by molar-refractivity contribution is 6.06. The van der Waals surface area contributed by atoms with Crippen LogP contribution in [0.3, 0.4) is 0 Å². The van der Waals surface area contributed by atoms with E-state index >= 15 is 0 Å². The van der Waals surface area contributed by atoms with E-state index in [4.69, 9.17) is 0 Å². The van der Waals surface area contributed by atoms with Crippen LogP contribution in [0.25, 0.3) is 0 Å². The van der Waals surface area contributed by atoms with Crippen LogP contribution >= 0.6 is 0 Å².